The molecule has 0 radical (unpaired) electrons. The summed E-state index contributed by atoms with van der Waals surface area (Å²) in [6.07, 6.45) is 0. The first-order valence-corrected chi connectivity index (χ1v) is 9.78. The molecule has 0 atom stereocenters. The number of carbonyl (C=O) groups excluding carboxylic acids is 1. The van der Waals surface area contributed by atoms with Crippen molar-refractivity contribution in [2.75, 3.05) is 13.7 Å². The first-order chi connectivity index (χ1) is 13.5. The molecule has 0 aliphatic heterocycles. The highest BCUT2D eigenvalue weighted by Gasteiger charge is 2.22. The number of halogens is 1. The molecule has 0 N–H and O–H groups in total. The Bertz CT molecular complexity index is 1080. The number of carbonyl (C=O) groups is 1. The molecule has 0 spiro atoms. The molecule has 3 rings (SSSR count). The predicted molar refractivity (Wildman–Crippen MR) is 110 cm³/mol. The summed E-state index contributed by atoms with van der Waals surface area (Å²) >= 11 is 7.73. The van der Waals surface area contributed by atoms with E-state index in [1.165, 1.54) is 18.4 Å². The summed E-state index contributed by atoms with van der Waals surface area (Å²) in [5, 5.41) is 10.5. The SMILES string of the molecule is CCOC(=O)c1sc2cccc(Cl)c2c1COc1c(C)cc(C#N)cc1OC. The summed E-state index contributed by atoms with van der Waals surface area (Å²) in [5.74, 6) is 0.574. The molecule has 0 aliphatic rings. The Labute approximate surface area is 172 Å². The van der Waals surface area contributed by atoms with Crippen LogP contribution in [0.15, 0.2) is 30.3 Å². The zero-order chi connectivity index (χ0) is 20.3. The molecule has 28 heavy (non-hydrogen) atoms. The number of hydrogen-bond donors (Lipinski definition) is 0. The summed E-state index contributed by atoms with van der Waals surface area (Å²) in [6, 6.07) is 11.0. The van der Waals surface area contributed by atoms with Crippen molar-refractivity contribution in [3.05, 3.63) is 56.9 Å². The number of aryl methyl sites for hydroxylation is 1. The van der Waals surface area contributed by atoms with Gasteiger partial charge < -0.3 is 14.2 Å². The minimum atomic E-state index is -0.401. The van der Waals surface area contributed by atoms with Crippen LogP contribution in [0.1, 0.15) is 33.3 Å². The van der Waals surface area contributed by atoms with Gasteiger partial charge in [0.1, 0.15) is 11.5 Å². The van der Waals surface area contributed by atoms with Crippen LogP contribution in [0, 0.1) is 18.3 Å². The minimum Gasteiger partial charge on any atom is -0.493 e. The maximum absolute atomic E-state index is 12.5. The van der Waals surface area contributed by atoms with E-state index in [1.807, 2.05) is 19.1 Å². The van der Waals surface area contributed by atoms with Crippen LogP contribution in [0.25, 0.3) is 10.1 Å². The quantitative estimate of drug-likeness (QED) is 0.497. The number of hydrogen-bond acceptors (Lipinski definition) is 6. The van der Waals surface area contributed by atoms with Crippen LogP contribution in [0.4, 0.5) is 0 Å². The van der Waals surface area contributed by atoms with Gasteiger partial charge in [0.15, 0.2) is 11.5 Å². The van der Waals surface area contributed by atoms with Gasteiger partial charge in [-0.25, -0.2) is 4.79 Å². The molecule has 0 fully saturated rings. The number of ether oxygens (including phenoxy) is 3. The van der Waals surface area contributed by atoms with Crippen LogP contribution >= 0.6 is 22.9 Å². The molecule has 0 unspecified atom stereocenters. The lowest BCUT2D eigenvalue weighted by molar-refractivity contribution is 0.0529. The van der Waals surface area contributed by atoms with E-state index in [4.69, 9.17) is 31.1 Å². The average molecular weight is 416 g/mol. The lowest BCUT2D eigenvalue weighted by Gasteiger charge is -2.14. The summed E-state index contributed by atoms with van der Waals surface area (Å²) < 4.78 is 17.5. The van der Waals surface area contributed by atoms with Gasteiger partial charge in [0, 0.05) is 26.7 Å². The third kappa shape index (κ3) is 3.77. The zero-order valence-electron chi connectivity index (χ0n) is 15.7. The van der Waals surface area contributed by atoms with Gasteiger partial charge in [0.05, 0.1) is 25.3 Å². The zero-order valence-corrected chi connectivity index (χ0v) is 17.2. The highest BCUT2D eigenvalue weighted by Crippen LogP contribution is 2.39. The monoisotopic (exact) mass is 415 g/mol. The van der Waals surface area contributed by atoms with Crippen LogP contribution in [-0.2, 0) is 11.3 Å². The number of nitrogens with zero attached hydrogens (tertiary/aromatic N) is 1. The maximum Gasteiger partial charge on any atom is 0.348 e. The molecule has 0 amide bonds. The summed E-state index contributed by atoms with van der Waals surface area (Å²) in [6.45, 7) is 3.99. The van der Waals surface area contributed by atoms with Crippen molar-refractivity contribution in [1.29, 1.82) is 5.26 Å². The molecule has 0 saturated carbocycles. The van der Waals surface area contributed by atoms with E-state index in [2.05, 4.69) is 6.07 Å². The normalized spacial score (nSPS) is 10.5. The highest BCUT2D eigenvalue weighted by atomic mass is 35.5. The molecule has 1 aromatic heterocycles. The van der Waals surface area contributed by atoms with Crippen LogP contribution in [0.3, 0.4) is 0 Å². The van der Waals surface area contributed by atoms with Crippen molar-refractivity contribution < 1.29 is 19.0 Å². The number of esters is 1. The van der Waals surface area contributed by atoms with Crippen molar-refractivity contribution in [2.24, 2.45) is 0 Å². The van der Waals surface area contributed by atoms with Gasteiger partial charge in [-0.3, -0.25) is 0 Å². The Morgan fingerprint density at radius 2 is 2.11 bits per heavy atom. The molecule has 144 valence electrons. The van der Waals surface area contributed by atoms with E-state index in [1.54, 1.807) is 25.1 Å². The van der Waals surface area contributed by atoms with Crippen molar-refractivity contribution in [2.45, 2.75) is 20.5 Å². The van der Waals surface area contributed by atoms with Gasteiger partial charge in [0.25, 0.3) is 0 Å². The van der Waals surface area contributed by atoms with Gasteiger partial charge >= 0.3 is 5.97 Å². The third-order valence-electron chi connectivity index (χ3n) is 4.17. The van der Waals surface area contributed by atoms with E-state index in [0.717, 1.165) is 15.6 Å². The van der Waals surface area contributed by atoms with Crippen LogP contribution in [-0.4, -0.2) is 19.7 Å². The number of benzene rings is 2. The third-order valence-corrected chi connectivity index (χ3v) is 5.67. The fourth-order valence-corrected chi connectivity index (χ4v) is 4.43. The average Bonchev–Trinajstić information content (AvgIpc) is 3.06. The summed E-state index contributed by atoms with van der Waals surface area (Å²) in [5.41, 5.74) is 1.92. The second-order valence-corrected chi connectivity index (χ2v) is 7.43. The highest BCUT2D eigenvalue weighted by molar-refractivity contribution is 7.21. The van der Waals surface area contributed by atoms with Crippen LogP contribution in [0.2, 0.25) is 5.02 Å². The van der Waals surface area contributed by atoms with Gasteiger partial charge in [-0.15, -0.1) is 11.3 Å². The van der Waals surface area contributed by atoms with E-state index in [9.17, 15) is 4.79 Å². The predicted octanol–water partition coefficient (Wildman–Crippen LogP) is 5.50. The molecule has 1 heterocycles. The molecule has 0 bridgehead atoms. The smallest absolute Gasteiger partial charge is 0.348 e. The fraction of sp³-hybridized carbons (Fsp3) is 0.238. The lowest BCUT2D eigenvalue weighted by atomic mass is 10.1. The van der Waals surface area contributed by atoms with E-state index in [-0.39, 0.29) is 13.2 Å². The van der Waals surface area contributed by atoms with Crippen LogP contribution < -0.4 is 9.47 Å². The van der Waals surface area contributed by atoms with Crippen molar-refractivity contribution in [1.82, 2.24) is 0 Å². The Hall–Kier alpha value is -2.75. The van der Waals surface area contributed by atoms with Crippen LogP contribution in [0.5, 0.6) is 11.5 Å². The molecular weight excluding hydrogens is 398 g/mol. The number of nitriles is 1. The first-order valence-electron chi connectivity index (χ1n) is 8.58. The molecule has 7 heteroatoms. The van der Waals surface area contributed by atoms with E-state index in [0.29, 0.717) is 32.5 Å². The van der Waals surface area contributed by atoms with Crippen molar-refractivity contribution in [3.63, 3.8) is 0 Å². The molecular formula is C21H18ClNO4S. The molecule has 0 aliphatic carbocycles. The second kappa shape index (κ2) is 8.51. The Balaban J connectivity index is 2.04. The maximum atomic E-state index is 12.5. The molecule has 2 aromatic carbocycles. The van der Waals surface area contributed by atoms with Crippen molar-refractivity contribution in [3.8, 4) is 17.6 Å². The van der Waals surface area contributed by atoms with E-state index < -0.39 is 5.97 Å². The Kier molecular flexibility index (Phi) is 6.08. The van der Waals surface area contributed by atoms with Gasteiger partial charge in [-0.05, 0) is 37.6 Å². The second-order valence-electron chi connectivity index (χ2n) is 5.97. The van der Waals surface area contributed by atoms with Crippen molar-refractivity contribution >= 4 is 39.0 Å². The van der Waals surface area contributed by atoms with Gasteiger partial charge in [0.2, 0.25) is 0 Å². The number of methoxy groups -OCH3 is 1. The first kappa shape index (κ1) is 20.0. The molecule has 5 nitrogen and oxygen atoms in total. The Morgan fingerprint density at radius 1 is 1.32 bits per heavy atom. The minimum absolute atomic E-state index is 0.112. The largest absolute Gasteiger partial charge is 0.493 e. The van der Waals surface area contributed by atoms with E-state index >= 15 is 0 Å². The number of rotatable bonds is 6. The molecule has 3 aromatic rings. The summed E-state index contributed by atoms with van der Waals surface area (Å²) in [7, 11) is 1.52. The lowest BCUT2D eigenvalue weighted by Crippen LogP contribution is -2.08. The van der Waals surface area contributed by atoms with Gasteiger partial charge in [-0.1, -0.05) is 17.7 Å². The standard InChI is InChI=1S/C21H18ClNO4S/c1-4-26-21(24)20-14(18-15(22)6-5-7-17(18)28-20)11-27-19-12(2)8-13(10-23)9-16(19)25-3/h5-9H,4,11H2,1-3H3. The molecule has 0 saturated heterocycles. The Morgan fingerprint density at radius 3 is 2.79 bits per heavy atom. The van der Waals surface area contributed by atoms with Gasteiger partial charge in [-0.2, -0.15) is 5.26 Å². The fourth-order valence-electron chi connectivity index (χ4n) is 2.95. The summed E-state index contributed by atoms with van der Waals surface area (Å²) in [4.78, 5) is 12.9. The number of fused-ring (bicyclic) bond motifs is 1. The topological polar surface area (TPSA) is 68.5 Å². The number of thiophene rings is 1.